The molecule has 0 radical (unpaired) electrons. The molecule has 0 saturated carbocycles. The largest absolute Gasteiger partial charge is 0.463 e. The number of thiophene rings is 1. The van der Waals surface area contributed by atoms with Crippen molar-refractivity contribution in [1.82, 2.24) is 9.13 Å². The lowest BCUT2D eigenvalue weighted by molar-refractivity contribution is -0.139. The Morgan fingerprint density at radius 2 is 2.06 bits per heavy atom. The molecule has 0 spiro atoms. The monoisotopic (exact) mass is 463 g/mol. The molecule has 1 aliphatic heterocycles. The van der Waals surface area contributed by atoms with Gasteiger partial charge < -0.3 is 9.30 Å². The number of carbonyl (C=O) groups is 1. The van der Waals surface area contributed by atoms with Gasteiger partial charge in [-0.15, -0.1) is 11.3 Å². The van der Waals surface area contributed by atoms with Crippen LogP contribution in [-0.4, -0.2) is 21.7 Å². The predicted octanol–water partition coefficient (Wildman–Crippen LogP) is 3.35. The first kappa shape index (κ1) is 20.7. The summed E-state index contributed by atoms with van der Waals surface area (Å²) in [4.78, 5) is 32.5. The van der Waals surface area contributed by atoms with E-state index < -0.39 is 12.0 Å². The lowest BCUT2D eigenvalue weighted by atomic mass is 10.0. The van der Waals surface area contributed by atoms with E-state index in [2.05, 4.69) is 21.7 Å². The maximum Gasteiger partial charge on any atom is 0.338 e. The number of hydrogen-bond donors (Lipinski definition) is 0. The highest BCUT2D eigenvalue weighted by Crippen LogP contribution is 2.33. The molecule has 0 fully saturated rings. The van der Waals surface area contributed by atoms with Crippen LogP contribution < -0.4 is 14.9 Å². The van der Waals surface area contributed by atoms with E-state index in [0.29, 0.717) is 20.6 Å². The van der Waals surface area contributed by atoms with Gasteiger partial charge in [0.05, 0.1) is 22.4 Å². The van der Waals surface area contributed by atoms with E-state index in [1.165, 1.54) is 22.7 Å². The zero-order valence-corrected chi connectivity index (χ0v) is 19.5. The van der Waals surface area contributed by atoms with Crippen LogP contribution in [0.5, 0.6) is 0 Å². The second-order valence-electron chi connectivity index (χ2n) is 7.53. The molecule has 4 aromatic rings. The molecule has 0 N–H and O–H groups in total. The molecule has 6 nitrogen and oxygen atoms in total. The lowest BCUT2D eigenvalue weighted by Gasteiger charge is -2.23. The molecule has 0 aliphatic carbocycles. The number of carbonyl (C=O) groups excluding carboxylic acids is 1. The second kappa shape index (κ2) is 8.03. The molecule has 8 heteroatoms. The third-order valence-electron chi connectivity index (χ3n) is 5.54. The van der Waals surface area contributed by atoms with Gasteiger partial charge in [-0.05, 0) is 37.4 Å². The van der Waals surface area contributed by atoms with Crippen molar-refractivity contribution in [2.24, 2.45) is 12.0 Å². The SMILES string of the molecule is CCOC(=O)C1=C(C)N=c2sc(=Cc3cn(C)c4ccccc34)c(=O)n2C1c1cccs1. The van der Waals surface area contributed by atoms with Crippen LogP contribution in [0.1, 0.15) is 30.3 Å². The summed E-state index contributed by atoms with van der Waals surface area (Å²) in [6.07, 6.45) is 3.94. The first-order chi connectivity index (χ1) is 15.5. The van der Waals surface area contributed by atoms with Gasteiger partial charge in [-0.25, -0.2) is 9.79 Å². The number of benzene rings is 1. The van der Waals surface area contributed by atoms with Gasteiger partial charge in [0.15, 0.2) is 4.80 Å². The number of para-hydroxylation sites is 1. The molecule has 4 heterocycles. The number of thiazole rings is 1. The fourth-order valence-electron chi connectivity index (χ4n) is 4.14. The summed E-state index contributed by atoms with van der Waals surface area (Å²) in [5.74, 6) is -0.435. The van der Waals surface area contributed by atoms with E-state index in [9.17, 15) is 9.59 Å². The van der Waals surface area contributed by atoms with Crippen LogP contribution in [0.4, 0.5) is 0 Å². The summed E-state index contributed by atoms with van der Waals surface area (Å²) in [6.45, 7) is 3.83. The Bertz CT molecular complexity index is 1550. The minimum atomic E-state index is -0.542. The zero-order valence-electron chi connectivity index (χ0n) is 17.9. The summed E-state index contributed by atoms with van der Waals surface area (Å²) in [5, 5.41) is 3.03. The van der Waals surface area contributed by atoms with E-state index in [0.717, 1.165) is 21.3 Å². The average Bonchev–Trinajstić information content (AvgIpc) is 3.48. The van der Waals surface area contributed by atoms with Gasteiger partial charge in [-0.3, -0.25) is 9.36 Å². The number of aryl methyl sites for hydroxylation is 1. The van der Waals surface area contributed by atoms with Crippen molar-refractivity contribution in [3.05, 3.63) is 89.4 Å². The minimum absolute atomic E-state index is 0.158. The molecule has 0 saturated heterocycles. The van der Waals surface area contributed by atoms with Crippen molar-refractivity contribution >= 4 is 45.6 Å². The number of allylic oxidation sites excluding steroid dienone is 1. The second-order valence-corrected chi connectivity index (χ2v) is 9.52. The number of hydrogen-bond acceptors (Lipinski definition) is 6. The molecule has 1 aromatic carbocycles. The molecule has 1 aliphatic rings. The summed E-state index contributed by atoms with van der Waals surface area (Å²) in [5.41, 5.74) is 2.92. The summed E-state index contributed by atoms with van der Waals surface area (Å²) in [7, 11) is 1.99. The topological polar surface area (TPSA) is 65.6 Å². The lowest BCUT2D eigenvalue weighted by Crippen LogP contribution is -2.39. The average molecular weight is 464 g/mol. The molecule has 3 aromatic heterocycles. The molecular formula is C24H21N3O3S2. The van der Waals surface area contributed by atoms with Crippen LogP contribution in [0.15, 0.2) is 69.0 Å². The maximum absolute atomic E-state index is 13.6. The van der Waals surface area contributed by atoms with Crippen LogP contribution in [0.2, 0.25) is 0 Å². The van der Waals surface area contributed by atoms with Crippen LogP contribution in [0.3, 0.4) is 0 Å². The van der Waals surface area contributed by atoms with E-state index >= 15 is 0 Å². The Labute approximate surface area is 192 Å². The van der Waals surface area contributed by atoms with Crippen LogP contribution in [0, 0.1) is 0 Å². The Morgan fingerprint density at radius 3 is 2.81 bits per heavy atom. The van der Waals surface area contributed by atoms with Crippen molar-refractivity contribution < 1.29 is 9.53 Å². The smallest absolute Gasteiger partial charge is 0.338 e. The third-order valence-corrected chi connectivity index (χ3v) is 7.45. The molecule has 32 heavy (non-hydrogen) atoms. The fraction of sp³-hybridized carbons (Fsp3) is 0.208. The Kier molecular flexibility index (Phi) is 5.19. The highest BCUT2D eigenvalue weighted by Gasteiger charge is 2.33. The Balaban J connectivity index is 1.74. The predicted molar refractivity (Wildman–Crippen MR) is 128 cm³/mol. The molecule has 0 bridgehead atoms. The highest BCUT2D eigenvalue weighted by molar-refractivity contribution is 7.10. The number of rotatable bonds is 4. The van der Waals surface area contributed by atoms with Crippen LogP contribution in [-0.2, 0) is 16.6 Å². The third kappa shape index (κ3) is 3.27. The first-order valence-corrected chi connectivity index (χ1v) is 12.0. The molecular weight excluding hydrogens is 442 g/mol. The Morgan fingerprint density at radius 1 is 1.25 bits per heavy atom. The van der Waals surface area contributed by atoms with Crippen molar-refractivity contribution in [2.45, 2.75) is 19.9 Å². The quantitative estimate of drug-likeness (QED) is 0.436. The number of aromatic nitrogens is 2. The van der Waals surface area contributed by atoms with E-state index in [4.69, 9.17) is 4.74 Å². The minimum Gasteiger partial charge on any atom is -0.463 e. The zero-order chi connectivity index (χ0) is 22.4. The number of nitrogens with zero attached hydrogens (tertiary/aromatic N) is 3. The van der Waals surface area contributed by atoms with Gasteiger partial charge in [-0.1, -0.05) is 35.6 Å². The van der Waals surface area contributed by atoms with Crippen molar-refractivity contribution in [2.75, 3.05) is 6.61 Å². The standard InChI is InChI=1S/C24H21N3O3S2/c1-4-30-23(29)20-14(2)25-24-27(21(20)18-10-7-11-31-18)22(28)19(32-24)12-15-13-26(3)17-9-6-5-8-16(15)17/h5-13,21H,4H2,1-3H3. The molecule has 1 unspecified atom stereocenters. The fourth-order valence-corrected chi connectivity index (χ4v) is 6.00. The van der Waals surface area contributed by atoms with E-state index in [1.54, 1.807) is 18.4 Å². The van der Waals surface area contributed by atoms with Gasteiger partial charge in [-0.2, -0.15) is 0 Å². The molecule has 1 atom stereocenters. The van der Waals surface area contributed by atoms with Crippen LogP contribution in [0.25, 0.3) is 17.0 Å². The van der Waals surface area contributed by atoms with E-state index in [-0.39, 0.29) is 12.2 Å². The maximum atomic E-state index is 13.6. The van der Waals surface area contributed by atoms with Crippen molar-refractivity contribution in [1.29, 1.82) is 0 Å². The molecule has 162 valence electrons. The normalized spacial score (nSPS) is 16.3. The summed E-state index contributed by atoms with van der Waals surface area (Å²) >= 11 is 2.85. The summed E-state index contributed by atoms with van der Waals surface area (Å²) in [6, 6.07) is 11.4. The Hall–Kier alpha value is -3.23. The number of ether oxygens (including phenoxy) is 1. The van der Waals surface area contributed by atoms with Crippen molar-refractivity contribution in [3.63, 3.8) is 0 Å². The van der Waals surface area contributed by atoms with Gasteiger partial charge in [0, 0.05) is 34.6 Å². The van der Waals surface area contributed by atoms with E-state index in [1.807, 2.05) is 49.0 Å². The number of esters is 1. The molecule has 5 rings (SSSR count). The first-order valence-electron chi connectivity index (χ1n) is 10.3. The van der Waals surface area contributed by atoms with Gasteiger partial charge in [0.25, 0.3) is 5.56 Å². The highest BCUT2D eigenvalue weighted by atomic mass is 32.1. The number of fused-ring (bicyclic) bond motifs is 2. The summed E-state index contributed by atoms with van der Waals surface area (Å²) < 4.78 is 9.58. The van der Waals surface area contributed by atoms with Gasteiger partial charge in [0.1, 0.15) is 6.04 Å². The van der Waals surface area contributed by atoms with Gasteiger partial charge in [0.2, 0.25) is 0 Å². The van der Waals surface area contributed by atoms with Gasteiger partial charge >= 0.3 is 5.97 Å². The van der Waals surface area contributed by atoms with Crippen molar-refractivity contribution in [3.8, 4) is 0 Å². The van der Waals surface area contributed by atoms with Crippen LogP contribution >= 0.6 is 22.7 Å². The molecule has 0 amide bonds.